The lowest BCUT2D eigenvalue weighted by atomic mass is 10.2. The molecule has 20 heavy (non-hydrogen) atoms. The van der Waals surface area contributed by atoms with Crippen LogP contribution in [0.2, 0.25) is 0 Å². The minimum Gasteiger partial charge on any atom is -0.455 e. The third-order valence-corrected chi connectivity index (χ3v) is 3.35. The quantitative estimate of drug-likeness (QED) is 0.623. The van der Waals surface area contributed by atoms with Crippen LogP contribution in [0.3, 0.4) is 0 Å². The molecule has 5 nitrogen and oxygen atoms in total. The van der Waals surface area contributed by atoms with Gasteiger partial charge in [0, 0.05) is 23.7 Å². The van der Waals surface area contributed by atoms with E-state index in [1.807, 2.05) is 12.1 Å². The van der Waals surface area contributed by atoms with Crippen molar-refractivity contribution >= 4 is 5.69 Å². The second kappa shape index (κ2) is 4.92. The van der Waals surface area contributed by atoms with Crippen molar-refractivity contribution in [1.82, 2.24) is 4.98 Å². The number of non-ortho nitro benzene ring substituents is 1. The number of nitrogens with zero attached hydrogens (tertiary/aromatic N) is 2. The molecule has 0 amide bonds. The van der Waals surface area contributed by atoms with E-state index >= 15 is 0 Å². The van der Waals surface area contributed by atoms with Gasteiger partial charge < -0.3 is 4.74 Å². The first kappa shape index (κ1) is 12.6. The van der Waals surface area contributed by atoms with Crippen molar-refractivity contribution in [2.24, 2.45) is 0 Å². The summed E-state index contributed by atoms with van der Waals surface area (Å²) < 4.78 is 5.71. The van der Waals surface area contributed by atoms with Gasteiger partial charge in [0.15, 0.2) is 0 Å². The lowest BCUT2D eigenvalue weighted by Crippen LogP contribution is -1.93. The molecule has 3 rings (SSSR count). The highest BCUT2D eigenvalue weighted by atomic mass is 16.6. The zero-order chi connectivity index (χ0) is 14.1. The van der Waals surface area contributed by atoms with Crippen LogP contribution in [0.5, 0.6) is 11.5 Å². The zero-order valence-corrected chi connectivity index (χ0v) is 11.1. The van der Waals surface area contributed by atoms with E-state index in [1.165, 1.54) is 25.0 Å². The zero-order valence-electron chi connectivity index (χ0n) is 11.1. The molecular weight excluding hydrogens is 256 g/mol. The van der Waals surface area contributed by atoms with Crippen molar-refractivity contribution in [3.05, 3.63) is 57.9 Å². The summed E-state index contributed by atoms with van der Waals surface area (Å²) in [5.41, 5.74) is 1.90. The van der Waals surface area contributed by atoms with Gasteiger partial charge in [-0.3, -0.25) is 15.1 Å². The van der Waals surface area contributed by atoms with E-state index in [0.29, 0.717) is 17.4 Å². The summed E-state index contributed by atoms with van der Waals surface area (Å²) in [4.78, 5) is 14.6. The first-order valence-corrected chi connectivity index (χ1v) is 6.52. The molecule has 0 saturated heterocycles. The van der Waals surface area contributed by atoms with Gasteiger partial charge in [0.2, 0.25) is 0 Å². The summed E-state index contributed by atoms with van der Waals surface area (Å²) in [5, 5.41) is 10.7. The molecule has 0 unspecified atom stereocenters. The van der Waals surface area contributed by atoms with Crippen molar-refractivity contribution < 1.29 is 9.66 Å². The molecule has 1 saturated carbocycles. The number of benzene rings is 1. The van der Waals surface area contributed by atoms with Crippen LogP contribution >= 0.6 is 0 Å². The van der Waals surface area contributed by atoms with Crippen molar-refractivity contribution in [2.75, 3.05) is 0 Å². The van der Waals surface area contributed by atoms with Gasteiger partial charge in [-0.2, -0.15) is 0 Å². The Labute approximate surface area is 116 Å². The molecule has 1 fully saturated rings. The fourth-order valence-corrected chi connectivity index (χ4v) is 2.06. The molecule has 1 aliphatic rings. The summed E-state index contributed by atoms with van der Waals surface area (Å²) in [6.07, 6.45) is 4.14. The van der Waals surface area contributed by atoms with Gasteiger partial charge in [0.05, 0.1) is 11.1 Å². The van der Waals surface area contributed by atoms with Crippen LogP contribution in [0.15, 0.2) is 36.5 Å². The number of aryl methyl sites for hydroxylation is 1. The smallest absolute Gasteiger partial charge is 0.269 e. The molecule has 0 spiro atoms. The average molecular weight is 270 g/mol. The Balaban J connectivity index is 1.78. The molecular formula is C15H14N2O3. The third-order valence-electron chi connectivity index (χ3n) is 3.35. The van der Waals surface area contributed by atoms with Gasteiger partial charge in [0.1, 0.15) is 11.5 Å². The van der Waals surface area contributed by atoms with Crippen LogP contribution in [0.1, 0.15) is 30.0 Å². The topological polar surface area (TPSA) is 65.3 Å². The molecule has 0 atom stereocenters. The van der Waals surface area contributed by atoms with Crippen LogP contribution in [0, 0.1) is 17.0 Å². The van der Waals surface area contributed by atoms with Crippen molar-refractivity contribution in [1.29, 1.82) is 0 Å². The number of hydrogen-bond acceptors (Lipinski definition) is 4. The second-order valence-electron chi connectivity index (χ2n) is 5.00. The van der Waals surface area contributed by atoms with Crippen LogP contribution in [-0.4, -0.2) is 9.91 Å². The van der Waals surface area contributed by atoms with E-state index in [2.05, 4.69) is 4.98 Å². The summed E-state index contributed by atoms with van der Waals surface area (Å²) >= 11 is 0. The SMILES string of the molecule is Cc1cc([N+](=O)[O-])ccc1Oc1ccc(C2CC2)nc1. The lowest BCUT2D eigenvalue weighted by molar-refractivity contribution is -0.384. The first-order chi connectivity index (χ1) is 9.63. The molecule has 0 N–H and O–H groups in total. The molecule has 2 aromatic rings. The van der Waals surface area contributed by atoms with Crippen LogP contribution in [0.25, 0.3) is 0 Å². The summed E-state index contributed by atoms with van der Waals surface area (Å²) in [7, 11) is 0. The fraction of sp³-hybridized carbons (Fsp3) is 0.267. The standard InChI is InChI=1S/C15H14N2O3/c1-10-8-12(17(18)19)4-7-15(10)20-13-5-6-14(16-9-13)11-2-3-11/h4-9,11H,2-3H2,1H3. The highest BCUT2D eigenvalue weighted by Gasteiger charge is 2.24. The van der Waals surface area contributed by atoms with Gasteiger partial charge in [-0.15, -0.1) is 0 Å². The monoisotopic (exact) mass is 270 g/mol. The van der Waals surface area contributed by atoms with E-state index in [0.717, 1.165) is 11.3 Å². The highest BCUT2D eigenvalue weighted by molar-refractivity contribution is 5.44. The Bertz CT molecular complexity index is 649. The third kappa shape index (κ3) is 2.61. The van der Waals surface area contributed by atoms with Crippen molar-refractivity contribution in [3.8, 4) is 11.5 Å². The summed E-state index contributed by atoms with van der Waals surface area (Å²) in [5.74, 6) is 1.87. The van der Waals surface area contributed by atoms with E-state index in [-0.39, 0.29) is 5.69 Å². The maximum Gasteiger partial charge on any atom is 0.269 e. The number of hydrogen-bond donors (Lipinski definition) is 0. The maximum atomic E-state index is 10.7. The second-order valence-corrected chi connectivity index (χ2v) is 5.00. The summed E-state index contributed by atoms with van der Waals surface area (Å²) in [6, 6.07) is 8.42. The van der Waals surface area contributed by atoms with Crippen LogP contribution in [0.4, 0.5) is 5.69 Å². The number of nitro benzene ring substituents is 1. The van der Waals surface area contributed by atoms with E-state index in [4.69, 9.17) is 4.74 Å². The van der Waals surface area contributed by atoms with Gasteiger partial charge in [-0.1, -0.05) is 0 Å². The maximum absolute atomic E-state index is 10.7. The number of pyridine rings is 1. The minimum absolute atomic E-state index is 0.0667. The molecule has 1 heterocycles. The first-order valence-electron chi connectivity index (χ1n) is 6.52. The van der Waals surface area contributed by atoms with E-state index in [9.17, 15) is 10.1 Å². The molecule has 0 bridgehead atoms. The van der Waals surface area contributed by atoms with Crippen LogP contribution in [-0.2, 0) is 0 Å². The molecule has 1 aliphatic carbocycles. The van der Waals surface area contributed by atoms with Crippen molar-refractivity contribution in [3.63, 3.8) is 0 Å². The molecule has 1 aromatic heterocycles. The van der Waals surface area contributed by atoms with Crippen molar-refractivity contribution in [2.45, 2.75) is 25.7 Å². The Hall–Kier alpha value is -2.43. The van der Waals surface area contributed by atoms with Gasteiger partial charge in [-0.25, -0.2) is 0 Å². The molecule has 0 radical (unpaired) electrons. The van der Waals surface area contributed by atoms with Gasteiger partial charge >= 0.3 is 0 Å². The van der Waals surface area contributed by atoms with Gasteiger partial charge in [-0.05, 0) is 43.5 Å². The predicted molar refractivity (Wildman–Crippen MR) is 74.1 cm³/mol. The number of rotatable bonds is 4. The lowest BCUT2D eigenvalue weighted by Gasteiger charge is -2.08. The Morgan fingerprint density at radius 2 is 2.10 bits per heavy atom. The minimum atomic E-state index is -0.414. The van der Waals surface area contributed by atoms with E-state index in [1.54, 1.807) is 19.2 Å². The Morgan fingerprint density at radius 1 is 1.30 bits per heavy atom. The van der Waals surface area contributed by atoms with E-state index < -0.39 is 4.92 Å². The predicted octanol–water partition coefficient (Wildman–Crippen LogP) is 3.97. The number of nitro groups is 1. The fourth-order valence-electron chi connectivity index (χ4n) is 2.06. The van der Waals surface area contributed by atoms with Gasteiger partial charge in [0.25, 0.3) is 5.69 Å². The normalized spacial score (nSPS) is 14.1. The number of aromatic nitrogens is 1. The Kier molecular flexibility index (Phi) is 3.10. The van der Waals surface area contributed by atoms with Crippen LogP contribution < -0.4 is 4.74 Å². The average Bonchev–Trinajstić information content (AvgIpc) is 3.26. The molecule has 0 aliphatic heterocycles. The Morgan fingerprint density at radius 3 is 2.65 bits per heavy atom. The highest BCUT2D eigenvalue weighted by Crippen LogP contribution is 2.39. The largest absolute Gasteiger partial charge is 0.455 e. The number of ether oxygens (including phenoxy) is 1. The molecule has 102 valence electrons. The summed E-state index contributed by atoms with van der Waals surface area (Å²) in [6.45, 7) is 1.79. The molecule has 5 heteroatoms. The molecule has 1 aromatic carbocycles.